The van der Waals surface area contributed by atoms with Gasteiger partial charge in [-0.15, -0.1) is 0 Å². The number of anilines is 1. The van der Waals surface area contributed by atoms with E-state index in [4.69, 9.17) is 4.74 Å². The number of hydrogen-bond acceptors (Lipinski definition) is 4. The normalized spacial score (nSPS) is 20.2. The minimum atomic E-state index is -0.582. The number of amides is 1. The number of ether oxygens (including phenoxy) is 1. The summed E-state index contributed by atoms with van der Waals surface area (Å²) in [5, 5.41) is 11.8. The highest BCUT2D eigenvalue weighted by Crippen LogP contribution is 2.40. The maximum Gasteiger partial charge on any atom is 0.235 e. The zero-order valence-corrected chi connectivity index (χ0v) is 20.5. The summed E-state index contributed by atoms with van der Waals surface area (Å²) in [7, 11) is 0. The summed E-state index contributed by atoms with van der Waals surface area (Å²) in [6.45, 7) is 6.62. The molecule has 0 radical (unpaired) electrons. The van der Waals surface area contributed by atoms with E-state index in [1.54, 1.807) is 0 Å². The molecule has 0 bridgehead atoms. The molecule has 0 aliphatic carbocycles. The molecule has 1 aromatic heterocycles. The zero-order chi connectivity index (χ0) is 24.5. The van der Waals surface area contributed by atoms with Crippen LogP contribution in [0.3, 0.4) is 0 Å². The summed E-state index contributed by atoms with van der Waals surface area (Å²) in [6.07, 6.45) is 4.78. The van der Waals surface area contributed by atoms with Gasteiger partial charge in [0.05, 0.1) is 29.8 Å². The monoisotopic (exact) mass is 478 g/mol. The van der Waals surface area contributed by atoms with E-state index < -0.39 is 5.41 Å². The first-order valence-corrected chi connectivity index (χ1v) is 12.5. The van der Waals surface area contributed by atoms with Gasteiger partial charge in [0.25, 0.3) is 0 Å². The van der Waals surface area contributed by atoms with Gasteiger partial charge in [0.2, 0.25) is 5.91 Å². The molecule has 2 N–H and O–H groups in total. The van der Waals surface area contributed by atoms with E-state index in [0.717, 1.165) is 71.8 Å². The van der Waals surface area contributed by atoms with Gasteiger partial charge in [-0.1, -0.05) is 60.7 Å². The molecule has 1 saturated heterocycles. The number of aromatic amines is 1. The Morgan fingerprint density at radius 1 is 1.00 bits per heavy atom. The fourth-order valence-corrected chi connectivity index (χ4v) is 5.29. The molecular formula is C30H30N4O2. The smallest absolute Gasteiger partial charge is 0.235 e. The molecule has 182 valence electrons. The number of nitrogens with one attached hydrogen (secondary N) is 2. The molecule has 6 nitrogen and oxygen atoms in total. The van der Waals surface area contributed by atoms with Crippen molar-refractivity contribution in [3.8, 4) is 0 Å². The molecule has 3 heterocycles. The fourth-order valence-electron chi connectivity index (χ4n) is 5.29. The third-order valence-corrected chi connectivity index (χ3v) is 7.41. The first-order valence-electron chi connectivity index (χ1n) is 12.5. The van der Waals surface area contributed by atoms with Gasteiger partial charge in [-0.2, -0.15) is 5.10 Å². The SMILES string of the molecule is CC1(Cc2ccc3c(/C=C/c4ccc(CN5CCOCC5)cc4)n[nH]c3c2)C(=O)Nc2ccccc21. The Hall–Kier alpha value is -3.74. The van der Waals surface area contributed by atoms with E-state index >= 15 is 0 Å². The molecule has 2 aliphatic heterocycles. The van der Waals surface area contributed by atoms with Crippen LogP contribution in [0.1, 0.15) is 34.9 Å². The molecule has 1 fully saturated rings. The number of rotatable bonds is 6. The molecule has 0 spiro atoms. The summed E-state index contributed by atoms with van der Waals surface area (Å²) in [5.41, 5.74) is 6.83. The van der Waals surface area contributed by atoms with Gasteiger partial charge < -0.3 is 10.1 Å². The molecule has 4 aromatic rings. The Morgan fingerprint density at radius 2 is 1.78 bits per heavy atom. The van der Waals surface area contributed by atoms with Crippen molar-refractivity contribution < 1.29 is 9.53 Å². The van der Waals surface area contributed by atoms with Gasteiger partial charge >= 0.3 is 0 Å². The molecule has 1 amide bonds. The van der Waals surface area contributed by atoms with Gasteiger partial charge in [0, 0.05) is 30.7 Å². The molecule has 6 heteroatoms. The first-order chi connectivity index (χ1) is 17.6. The van der Waals surface area contributed by atoms with Crippen LogP contribution >= 0.6 is 0 Å². The van der Waals surface area contributed by atoms with Crippen LogP contribution in [0.4, 0.5) is 5.69 Å². The van der Waals surface area contributed by atoms with Crippen LogP contribution < -0.4 is 5.32 Å². The largest absolute Gasteiger partial charge is 0.379 e. The van der Waals surface area contributed by atoms with Crippen molar-refractivity contribution >= 4 is 34.6 Å². The summed E-state index contributed by atoms with van der Waals surface area (Å²) in [4.78, 5) is 15.2. The number of fused-ring (bicyclic) bond motifs is 2. The topological polar surface area (TPSA) is 70.2 Å². The Kier molecular flexibility index (Phi) is 5.91. The number of hydrogen-bond donors (Lipinski definition) is 2. The van der Waals surface area contributed by atoms with E-state index in [2.05, 4.69) is 75.0 Å². The predicted octanol–water partition coefficient (Wildman–Crippen LogP) is 5.02. The molecule has 1 atom stereocenters. The molecule has 6 rings (SSSR count). The van der Waals surface area contributed by atoms with Crippen molar-refractivity contribution in [2.75, 3.05) is 31.6 Å². The summed E-state index contributed by atoms with van der Waals surface area (Å²) in [6, 6.07) is 23.0. The lowest BCUT2D eigenvalue weighted by atomic mass is 9.78. The quantitative estimate of drug-likeness (QED) is 0.408. The maximum absolute atomic E-state index is 12.8. The van der Waals surface area contributed by atoms with Crippen LogP contribution in [0.5, 0.6) is 0 Å². The number of aromatic nitrogens is 2. The van der Waals surface area contributed by atoms with Crippen molar-refractivity contribution in [2.24, 2.45) is 0 Å². The van der Waals surface area contributed by atoms with Crippen LogP contribution in [0, 0.1) is 0 Å². The lowest BCUT2D eigenvalue weighted by molar-refractivity contribution is -0.120. The highest BCUT2D eigenvalue weighted by atomic mass is 16.5. The average molecular weight is 479 g/mol. The number of para-hydroxylation sites is 1. The second kappa shape index (κ2) is 9.37. The predicted molar refractivity (Wildman–Crippen MR) is 144 cm³/mol. The van der Waals surface area contributed by atoms with Gasteiger partial charge in [0.15, 0.2) is 0 Å². The maximum atomic E-state index is 12.8. The lowest BCUT2D eigenvalue weighted by Crippen LogP contribution is -2.35. The second-order valence-corrected chi connectivity index (χ2v) is 9.96. The van der Waals surface area contributed by atoms with E-state index in [-0.39, 0.29) is 5.91 Å². The minimum absolute atomic E-state index is 0.0491. The van der Waals surface area contributed by atoms with Crippen LogP contribution in [0.15, 0.2) is 66.7 Å². The minimum Gasteiger partial charge on any atom is -0.379 e. The standard InChI is InChI=1S/C30H30N4O2/c1-30(25-4-2-3-5-27(25)31-29(30)35)19-23-10-12-24-26(32-33-28(24)18-23)13-11-21-6-8-22(9-7-21)20-34-14-16-36-17-15-34/h2-13,18H,14-17,19-20H2,1H3,(H,31,35)(H,32,33)/b13-11+. The van der Waals surface area contributed by atoms with Crippen molar-refractivity contribution in [3.05, 3.63) is 94.7 Å². The van der Waals surface area contributed by atoms with Crippen LogP contribution in [-0.4, -0.2) is 47.3 Å². The van der Waals surface area contributed by atoms with Gasteiger partial charge in [-0.3, -0.25) is 14.8 Å². The Labute approximate surface area is 211 Å². The number of carbonyl (C=O) groups excluding carboxylic acids is 1. The number of morpholine rings is 1. The number of H-pyrrole nitrogens is 1. The third kappa shape index (κ3) is 4.34. The molecule has 2 aliphatic rings. The molecule has 0 saturated carbocycles. The number of benzene rings is 3. The van der Waals surface area contributed by atoms with Crippen molar-refractivity contribution in [1.29, 1.82) is 0 Å². The molecule has 3 aromatic carbocycles. The molecular weight excluding hydrogens is 448 g/mol. The van der Waals surface area contributed by atoms with E-state index in [0.29, 0.717) is 6.42 Å². The Morgan fingerprint density at radius 3 is 2.61 bits per heavy atom. The van der Waals surface area contributed by atoms with Crippen LogP contribution in [-0.2, 0) is 27.9 Å². The summed E-state index contributed by atoms with van der Waals surface area (Å²) >= 11 is 0. The van der Waals surface area contributed by atoms with E-state index in [1.807, 2.05) is 31.2 Å². The number of nitrogens with zero attached hydrogens (tertiary/aromatic N) is 2. The highest BCUT2D eigenvalue weighted by molar-refractivity contribution is 6.06. The van der Waals surface area contributed by atoms with Gasteiger partial charge in [0.1, 0.15) is 0 Å². The van der Waals surface area contributed by atoms with Crippen molar-refractivity contribution in [1.82, 2.24) is 15.1 Å². The molecule has 1 unspecified atom stereocenters. The molecule has 36 heavy (non-hydrogen) atoms. The van der Waals surface area contributed by atoms with E-state index in [9.17, 15) is 4.79 Å². The number of carbonyl (C=O) groups is 1. The highest BCUT2D eigenvalue weighted by Gasteiger charge is 2.42. The first kappa shape index (κ1) is 22.7. The summed E-state index contributed by atoms with van der Waals surface area (Å²) < 4.78 is 5.44. The van der Waals surface area contributed by atoms with Gasteiger partial charge in [-0.05, 0) is 53.8 Å². The van der Waals surface area contributed by atoms with Gasteiger partial charge in [-0.25, -0.2) is 0 Å². The zero-order valence-electron chi connectivity index (χ0n) is 20.5. The van der Waals surface area contributed by atoms with E-state index in [1.165, 1.54) is 5.56 Å². The Balaban J connectivity index is 1.16. The van der Waals surface area contributed by atoms with Crippen molar-refractivity contribution in [3.63, 3.8) is 0 Å². The lowest BCUT2D eigenvalue weighted by Gasteiger charge is -2.26. The average Bonchev–Trinajstić information content (AvgIpc) is 3.42. The fraction of sp³-hybridized carbons (Fsp3) is 0.267. The summed E-state index contributed by atoms with van der Waals surface area (Å²) in [5.74, 6) is 0.0491. The second-order valence-electron chi connectivity index (χ2n) is 9.96. The van der Waals surface area contributed by atoms with Crippen LogP contribution in [0.25, 0.3) is 23.1 Å². The third-order valence-electron chi connectivity index (χ3n) is 7.41. The van der Waals surface area contributed by atoms with Crippen LogP contribution in [0.2, 0.25) is 0 Å². The van der Waals surface area contributed by atoms with Crippen molar-refractivity contribution in [2.45, 2.75) is 25.3 Å². The Bertz CT molecular complexity index is 1430.